The number of rotatable bonds is 3. The molecule has 1 heterocycles. The van der Waals surface area contributed by atoms with Gasteiger partial charge in [0.15, 0.2) is 5.15 Å². The van der Waals surface area contributed by atoms with Crippen LogP contribution in [0.25, 0.3) is 0 Å². The Morgan fingerprint density at radius 2 is 2.27 bits per heavy atom. The first-order valence-electron chi connectivity index (χ1n) is 4.54. The quantitative estimate of drug-likeness (QED) is 0.748. The van der Waals surface area contributed by atoms with E-state index in [9.17, 15) is 9.90 Å². The Balaban J connectivity index is 2.89. The summed E-state index contributed by atoms with van der Waals surface area (Å²) in [6, 6.07) is 0. The molecule has 0 fully saturated rings. The molecule has 1 aromatic heterocycles. The first-order chi connectivity index (χ1) is 6.81. The van der Waals surface area contributed by atoms with Crippen LogP contribution in [0, 0.1) is 0 Å². The number of nitrogen functional groups attached to an aromatic ring is 1. The van der Waals surface area contributed by atoms with Crippen LogP contribution in [0.1, 0.15) is 20.3 Å². The number of nitrogens with zero attached hydrogens (tertiary/aromatic N) is 2. The maximum atomic E-state index is 11.5. The van der Waals surface area contributed by atoms with E-state index in [0.717, 1.165) is 0 Å². The topological polar surface area (TPSA) is 81.1 Å². The molecule has 6 heteroatoms. The maximum Gasteiger partial charge on any atom is 0.278 e. The van der Waals surface area contributed by atoms with E-state index < -0.39 is 5.60 Å². The summed E-state index contributed by atoms with van der Waals surface area (Å²) in [5, 5.41) is 9.51. The minimum absolute atomic E-state index is 0.0134. The smallest absolute Gasteiger partial charge is 0.278 e. The molecule has 0 saturated heterocycles. The second-order valence-electron chi connectivity index (χ2n) is 4.01. The molecule has 1 aromatic rings. The van der Waals surface area contributed by atoms with Crippen molar-refractivity contribution < 1.29 is 5.11 Å². The van der Waals surface area contributed by atoms with Crippen molar-refractivity contribution in [2.24, 2.45) is 0 Å². The Morgan fingerprint density at radius 1 is 1.67 bits per heavy atom. The van der Waals surface area contributed by atoms with Gasteiger partial charge in [0.05, 0.1) is 11.9 Å². The number of halogens is 1. The summed E-state index contributed by atoms with van der Waals surface area (Å²) in [5.41, 5.74) is 4.17. The standard InChI is InChI=1S/C9H14ClN3O2/c1-9(2,15)3-4-13-5-12-7(10)6(11)8(13)14/h5,15H,3-4,11H2,1-2H3. The average Bonchev–Trinajstić information content (AvgIpc) is 2.12. The largest absolute Gasteiger partial charge is 0.392 e. The van der Waals surface area contributed by atoms with Gasteiger partial charge in [-0.1, -0.05) is 11.6 Å². The Hall–Kier alpha value is -1.07. The highest BCUT2D eigenvalue weighted by Crippen LogP contribution is 2.11. The summed E-state index contributed by atoms with van der Waals surface area (Å²) in [4.78, 5) is 15.3. The predicted molar refractivity (Wildman–Crippen MR) is 58.8 cm³/mol. The second kappa shape index (κ2) is 4.20. The summed E-state index contributed by atoms with van der Waals surface area (Å²) in [7, 11) is 0. The lowest BCUT2D eigenvalue weighted by Gasteiger charge is -2.17. The molecule has 3 N–H and O–H groups in total. The van der Waals surface area contributed by atoms with Crippen LogP contribution in [0.3, 0.4) is 0 Å². The molecule has 0 amide bonds. The molecule has 0 bridgehead atoms. The van der Waals surface area contributed by atoms with E-state index in [4.69, 9.17) is 17.3 Å². The van der Waals surface area contributed by atoms with Crippen molar-refractivity contribution in [2.75, 3.05) is 5.73 Å². The molecule has 15 heavy (non-hydrogen) atoms. The molecule has 0 unspecified atom stereocenters. The third kappa shape index (κ3) is 3.21. The Morgan fingerprint density at radius 3 is 2.80 bits per heavy atom. The molecule has 0 aliphatic carbocycles. The zero-order valence-electron chi connectivity index (χ0n) is 8.70. The molecular weight excluding hydrogens is 218 g/mol. The molecule has 1 rings (SSSR count). The van der Waals surface area contributed by atoms with Crippen LogP contribution in [0.4, 0.5) is 5.69 Å². The SMILES string of the molecule is CC(C)(O)CCn1cnc(Cl)c(N)c1=O. The third-order valence-electron chi connectivity index (χ3n) is 1.99. The minimum atomic E-state index is -0.826. The van der Waals surface area contributed by atoms with Crippen LogP contribution < -0.4 is 11.3 Å². The number of anilines is 1. The highest BCUT2D eigenvalue weighted by Gasteiger charge is 2.13. The molecule has 0 radical (unpaired) electrons. The van der Waals surface area contributed by atoms with Crippen molar-refractivity contribution in [3.63, 3.8) is 0 Å². The van der Waals surface area contributed by atoms with E-state index in [2.05, 4.69) is 4.98 Å². The lowest BCUT2D eigenvalue weighted by atomic mass is 10.1. The third-order valence-corrected chi connectivity index (χ3v) is 2.29. The highest BCUT2D eigenvalue weighted by atomic mass is 35.5. The molecule has 84 valence electrons. The van der Waals surface area contributed by atoms with E-state index in [-0.39, 0.29) is 16.4 Å². The van der Waals surface area contributed by atoms with Crippen LogP contribution >= 0.6 is 11.6 Å². The number of aliphatic hydroxyl groups is 1. The maximum absolute atomic E-state index is 11.5. The van der Waals surface area contributed by atoms with Crippen molar-refractivity contribution in [2.45, 2.75) is 32.4 Å². The number of aryl methyl sites for hydroxylation is 1. The van der Waals surface area contributed by atoms with E-state index in [1.165, 1.54) is 10.9 Å². The van der Waals surface area contributed by atoms with Crippen molar-refractivity contribution in [3.05, 3.63) is 21.8 Å². The van der Waals surface area contributed by atoms with Gasteiger partial charge in [0.1, 0.15) is 5.69 Å². The van der Waals surface area contributed by atoms with Crippen molar-refractivity contribution in [3.8, 4) is 0 Å². The summed E-state index contributed by atoms with van der Waals surface area (Å²) in [6.45, 7) is 3.70. The van der Waals surface area contributed by atoms with E-state index in [1.807, 2.05) is 0 Å². The van der Waals surface area contributed by atoms with Gasteiger partial charge in [-0.3, -0.25) is 9.36 Å². The lowest BCUT2D eigenvalue weighted by Crippen LogP contribution is -2.28. The summed E-state index contributed by atoms with van der Waals surface area (Å²) in [5.74, 6) is 0. The summed E-state index contributed by atoms with van der Waals surface area (Å²) in [6.07, 6.45) is 1.77. The van der Waals surface area contributed by atoms with Gasteiger partial charge < -0.3 is 10.8 Å². The highest BCUT2D eigenvalue weighted by molar-refractivity contribution is 6.31. The molecule has 0 atom stereocenters. The van der Waals surface area contributed by atoms with Gasteiger partial charge in [-0.15, -0.1) is 0 Å². The zero-order chi connectivity index (χ0) is 11.6. The lowest BCUT2D eigenvalue weighted by molar-refractivity contribution is 0.0658. The molecule has 0 aliphatic rings. The van der Waals surface area contributed by atoms with Crippen LogP contribution in [0.5, 0.6) is 0 Å². The van der Waals surface area contributed by atoms with Crippen LogP contribution in [0.2, 0.25) is 5.15 Å². The molecule has 0 spiro atoms. The van der Waals surface area contributed by atoms with E-state index in [1.54, 1.807) is 13.8 Å². The average molecular weight is 232 g/mol. The van der Waals surface area contributed by atoms with Crippen LogP contribution in [0.15, 0.2) is 11.1 Å². The second-order valence-corrected chi connectivity index (χ2v) is 4.37. The van der Waals surface area contributed by atoms with Crippen LogP contribution in [-0.4, -0.2) is 20.3 Å². The minimum Gasteiger partial charge on any atom is -0.392 e. The monoisotopic (exact) mass is 231 g/mol. The molecule has 0 saturated carbocycles. The van der Waals surface area contributed by atoms with Crippen molar-refractivity contribution >= 4 is 17.3 Å². The summed E-state index contributed by atoms with van der Waals surface area (Å²) < 4.78 is 1.33. The van der Waals surface area contributed by atoms with Gasteiger partial charge in [-0.05, 0) is 20.3 Å². The zero-order valence-corrected chi connectivity index (χ0v) is 9.45. The fourth-order valence-corrected chi connectivity index (χ4v) is 1.16. The number of nitrogens with two attached hydrogens (primary N) is 1. The van der Waals surface area contributed by atoms with E-state index >= 15 is 0 Å². The van der Waals surface area contributed by atoms with Crippen LogP contribution in [-0.2, 0) is 6.54 Å². The van der Waals surface area contributed by atoms with Gasteiger partial charge in [0.25, 0.3) is 5.56 Å². The normalized spacial score (nSPS) is 11.7. The number of hydrogen-bond donors (Lipinski definition) is 2. The molecule has 0 aromatic carbocycles. The molecule has 0 aliphatic heterocycles. The predicted octanol–water partition coefficient (Wildman–Crippen LogP) is 0.640. The molecule has 5 nitrogen and oxygen atoms in total. The van der Waals surface area contributed by atoms with Gasteiger partial charge in [0, 0.05) is 6.54 Å². The molecular formula is C9H14ClN3O2. The number of hydrogen-bond acceptors (Lipinski definition) is 4. The van der Waals surface area contributed by atoms with Gasteiger partial charge in [-0.2, -0.15) is 0 Å². The van der Waals surface area contributed by atoms with Gasteiger partial charge in [-0.25, -0.2) is 4.98 Å². The Bertz CT molecular complexity index is 409. The van der Waals surface area contributed by atoms with E-state index in [0.29, 0.717) is 13.0 Å². The number of aromatic nitrogens is 2. The summed E-state index contributed by atoms with van der Waals surface area (Å²) >= 11 is 5.58. The fourth-order valence-electron chi connectivity index (χ4n) is 1.04. The van der Waals surface area contributed by atoms with Gasteiger partial charge >= 0.3 is 0 Å². The first-order valence-corrected chi connectivity index (χ1v) is 4.92. The Kier molecular flexibility index (Phi) is 3.36. The van der Waals surface area contributed by atoms with Gasteiger partial charge in [0.2, 0.25) is 0 Å². The van der Waals surface area contributed by atoms with Crippen molar-refractivity contribution in [1.29, 1.82) is 0 Å². The first kappa shape index (κ1) is 12.0. The fraction of sp³-hybridized carbons (Fsp3) is 0.556. The van der Waals surface area contributed by atoms with Crippen molar-refractivity contribution in [1.82, 2.24) is 9.55 Å². The Labute approximate surface area is 92.5 Å².